The van der Waals surface area contributed by atoms with E-state index in [0.717, 1.165) is 6.42 Å². The molecule has 2 bridgehead atoms. The lowest BCUT2D eigenvalue weighted by molar-refractivity contribution is -0.123. The highest BCUT2D eigenvalue weighted by molar-refractivity contribution is 6.22. The molecule has 4 rings (SSSR count). The Kier molecular flexibility index (Phi) is 1.82. The summed E-state index contributed by atoms with van der Waals surface area (Å²) in [5.74, 6) is 0.168. The second kappa shape index (κ2) is 3.28. The van der Waals surface area contributed by atoms with E-state index in [-0.39, 0.29) is 35.5 Å². The van der Waals surface area contributed by atoms with Crippen molar-refractivity contribution in [3.8, 4) is 0 Å². The molecule has 1 saturated heterocycles. The minimum atomic E-state index is -0.132. The number of rotatable bonds is 1. The summed E-state index contributed by atoms with van der Waals surface area (Å²) in [5, 5.41) is 0. The Morgan fingerprint density at radius 3 is 2.33 bits per heavy atom. The molecule has 2 heterocycles. The first-order valence-corrected chi connectivity index (χ1v) is 6.23. The summed E-state index contributed by atoms with van der Waals surface area (Å²) >= 11 is 0. The number of amides is 2. The van der Waals surface area contributed by atoms with Crippen molar-refractivity contribution in [2.24, 2.45) is 23.7 Å². The summed E-state index contributed by atoms with van der Waals surface area (Å²) in [6.45, 7) is 0. The zero-order valence-electron chi connectivity index (χ0n) is 9.69. The quantitative estimate of drug-likeness (QED) is 0.550. The van der Waals surface area contributed by atoms with Crippen molar-refractivity contribution >= 4 is 17.5 Å². The Morgan fingerprint density at radius 1 is 1.11 bits per heavy atom. The van der Waals surface area contributed by atoms with Gasteiger partial charge in [-0.2, -0.15) is 0 Å². The highest BCUT2D eigenvalue weighted by Crippen LogP contribution is 2.53. The van der Waals surface area contributed by atoms with Gasteiger partial charge in [-0.1, -0.05) is 12.2 Å². The van der Waals surface area contributed by atoms with Crippen LogP contribution in [0.5, 0.6) is 0 Å². The lowest BCUT2D eigenvalue weighted by atomic mass is 9.85. The molecule has 4 heteroatoms. The highest BCUT2D eigenvalue weighted by atomic mass is 16.2. The predicted octanol–water partition coefficient (Wildman–Crippen LogP) is 1.39. The molecule has 2 fully saturated rings. The Bertz CT molecular complexity index is 536. The van der Waals surface area contributed by atoms with E-state index < -0.39 is 0 Å². The fourth-order valence-electron chi connectivity index (χ4n) is 3.64. The molecule has 0 radical (unpaired) electrons. The van der Waals surface area contributed by atoms with Crippen molar-refractivity contribution < 1.29 is 9.59 Å². The van der Waals surface area contributed by atoms with Crippen molar-refractivity contribution in [3.63, 3.8) is 0 Å². The molecule has 4 atom stereocenters. The minimum absolute atomic E-state index is 0.0464. The predicted molar refractivity (Wildman–Crippen MR) is 64.4 cm³/mol. The monoisotopic (exact) mass is 240 g/mol. The first-order chi connectivity index (χ1) is 8.77. The first kappa shape index (κ1) is 10.00. The third-order valence-electron chi connectivity index (χ3n) is 4.37. The van der Waals surface area contributed by atoms with Crippen LogP contribution in [-0.2, 0) is 9.59 Å². The molecule has 90 valence electrons. The number of hydrogen-bond donors (Lipinski definition) is 0. The van der Waals surface area contributed by atoms with Gasteiger partial charge in [0, 0.05) is 6.20 Å². The smallest absolute Gasteiger partial charge is 0.238 e. The van der Waals surface area contributed by atoms with Gasteiger partial charge in [0.05, 0.1) is 23.7 Å². The molecule has 18 heavy (non-hydrogen) atoms. The van der Waals surface area contributed by atoms with Gasteiger partial charge in [-0.05, 0) is 30.4 Å². The number of pyridine rings is 1. The fourth-order valence-corrected chi connectivity index (χ4v) is 3.64. The second-order valence-electron chi connectivity index (χ2n) is 5.22. The van der Waals surface area contributed by atoms with Gasteiger partial charge in [-0.15, -0.1) is 0 Å². The van der Waals surface area contributed by atoms with Crippen LogP contribution in [0.3, 0.4) is 0 Å². The Labute approximate surface area is 104 Å². The van der Waals surface area contributed by atoms with Crippen LogP contribution in [0.4, 0.5) is 5.69 Å². The van der Waals surface area contributed by atoms with Gasteiger partial charge >= 0.3 is 0 Å². The maximum atomic E-state index is 12.4. The largest absolute Gasteiger partial charge is 0.274 e. The number of carbonyl (C=O) groups excluding carboxylic acids is 2. The van der Waals surface area contributed by atoms with E-state index in [0.29, 0.717) is 5.69 Å². The first-order valence-electron chi connectivity index (χ1n) is 6.23. The summed E-state index contributed by atoms with van der Waals surface area (Å²) in [7, 11) is 0. The number of aromatic nitrogens is 1. The average molecular weight is 240 g/mol. The molecule has 3 aliphatic rings. The fraction of sp³-hybridized carbons (Fsp3) is 0.357. The molecule has 1 saturated carbocycles. The van der Waals surface area contributed by atoms with E-state index in [1.54, 1.807) is 24.5 Å². The molecular weight excluding hydrogens is 228 g/mol. The van der Waals surface area contributed by atoms with Crippen molar-refractivity contribution in [2.75, 3.05) is 4.90 Å². The summed E-state index contributed by atoms with van der Waals surface area (Å²) in [6.07, 6.45) is 8.38. The molecule has 4 nitrogen and oxygen atoms in total. The van der Waals surface area contributed by atoms with E-state index in [9.17, 15) is 9.59 Å². The Morgan fingerprint density at radius 2 is 1.78 bits per heavy atom. The number of allylic oxidation sites excluding steroid dienone is 2. The zero-order chi connectivity index (χ0) is 12.3. The molecule has 2 aliphatic carbocycles. The van der Waals surface area contributed by atoms with Crippen LogP contribution in [0, 0.1) is 23.7 Å². The number of imide groups is 1. The van der Waals surface area contributed by atoms with Crippen molar-refractivity contribution in [1.82, 2.24) is 4.98 Å². The van der Waals surface area contributed by atoms with E-state index in [1.165, 1.54) is 4.90 Å². The van der Waals surface area contributed by atoms with Crippen LogP contribution in [0.25, 0.3) is 0 Å². The van der Waals surface area contributed by atoms with Gasteiger partial charge in [0.15, 0.2) is 0 Å². The summed E-state index contributed by atoms with van der Waals surface area (Å²) in [5.41, 5.74) is 0.598. The van der Waals surface area contributed by atoms with Gasteiger partial charge in [0.1, 0.15) is 0 Å². The Balaban J connectivity index is 1.77. The van der Waals surface area contributed by atoms with E-state index in [4.69, 9.17) is 0 Å². The zero-order valence-corrected chi connectivity index (χ0v) is 9.69. The van der Waals surface area contributed by atoms with Crippen molar-refractivity contribution in [1.29, 1.82) is 0 Å². The van der Waals surface area contributed by atoms with Gasteiger partial charge < -0.3 is 0 Å². The van der Waals surface area contributed by atoms with Gasteiger partial charge in [0.2, 0.25) is 11.8 Å². The molecule has 0 unspecified atom stereocenters. The van der Waals surface area contributed by atoms with Crippen LogP contribution in [0.2, 0.25) is 0 Å². The van der Waals surface area contributed by atoms with Crippen LogP contribution in [0.15, 0.2) is 36.7 Å². The number of anilines is 1. The lowest BCUT2D eigenvalue weighted by Crippen LogP contribution is -2.32. The van der Waals surface area contributed by atoms with Crippen LogP contribution < -0.4 is 4.90 Å². The van der Waals surface area contributed by atoms with E-state index >= 15 is 0 Å². The molecule has 0 spiro atoms. The molecule has 0 aromatic carbocycles. The SMILES string of the molecule is O=C1[C@@H]2[C@@H](C(=O)N1c1cccnc1)[C@H]1C=C[C@@H]2C1. The molecule has 2 amide bonds. The molecule has 1 aromatic rings. The Hall–Kier alpha value is -1.97. The third kappa shape index (κ3) is 1.08. The third-order valence-corrected chi connectivity index (χ3v) is 4.37. The second-order valence-corrected chi connectivity index (χ2v) is 5.22. The van der Waals surface area contributed by atoms with Crippen LogP contribution >= 0.6 is 0 Å². The summed E-state index contributed by atoms with van der Waals surface area (Å²) in [6, 6.07) is 3.51. The normalized spacial score (nSPS) is 36.6. The van der Waals surface area contributed by atoms with E-state index in [1.807, 2.05) is 0 Å². The number of carbonyl (C=O) groups is 2. The summed E-state index contributed by atoms with van der Waals surface area (Å²) in [4.78, 5) is 30.2. The average Bonchev–Trinajstić information content (AvgIpc) is 3.05. The maximum absolute atomic E-state index is 12.4. The summed E-state index contributed by atoms with van der Waals surface area (Å²) < 4.78 is 0. The van der Waals surface area contributed by atoms with Crippen molar-refractivity contribution in [3.05, 3.63) is 36.7 Å². The number of nitrogens with zero attached hydrogens (tertiary/aromatic N) is 2. The standard InChI is InChI=1S/C14H12N2O2/c17-13-11-8-3-4-9(6-8)12(11)14(18)16(13)10-2-1-5-15-7-10/h1-5,7-9,11-12H,6H2/t8-,9+,11-,12-/m0/s1. The lowest BCUT2D eigenvalue weighted by Gasteiger charge is -2.16. The van der Waals surface area contributed by atoms with Crippen molar-refractivity contribution in [2.45, 2.75) is 6.42 Å². The number of fused-ring (bicyclic) bond motifs is 5. The van der Waals surface area contributed by atoms with Crippen LogP contribution in [0.1, 0.15) is 6.42 Å². The molecule has 1 aliphatic heterocycles. The highest BCUT2D eigenvalue weighted by Gasteiger charge is 2.59. The van der Waals surface area contributed by atoms with Crippen LogP contribution in [-0.4, -0.2) is 16.8 Å². The molecule has 0 N–H and O–H groups in total. The van der Waals surface area contributed by atoms with E-state index in [2.05, 4.69) is 17.1 Å². The minimum Gasteiger partial charge on any atom is -0.274 e. The topological polar surface area (TPSA) is 50.3 Å². The number of hydrogen-bond acceptors (Lipinski definition) is 3. The van der Waals surface area contributed by atoms with Gasteiger partial charge in [-0.25, -0.2) is 4.90 Å². The maximum Gasteiger partial charge on any atom is 0.238 e. The molecule has 1 aromatic heterocycles. The molecular formula is C14H12N2O2. The van der Waals surface area contributed by atoms with Gasteiger partial charge in [0.25, 0.3) is 0 Å². The van der Waals surface area contributed by atoms with Gasteiger partial charge in [-0.3, -0.25) is 14.6 Å².